The molecule has 1 aliphatic rings. The van der Waals surface area contributed by atoms with Crippen LogP contribution < -0.4 is 0 Å². The van der Waals surface area contributed by atoms with Crippen LogP contribution in [0.5, 0.6) is 0 Å². The Morgan fingerprint density at radius 3 is 3.13 bits per heavy atom. The summed E-state index contributed by atoms with van der Waals surface area (Å²) in [5.41, 5.74) is 4.16. The standard InChI is InChI=1S/C11H10N4/c1-8-11(3-2-4-13-8)15-7-9-5-12-6-10(9)14-15/h2-5,7H,6H2,1H3. The van der Waals surface area contributed by atoms with Crippen LogP contribution in [0.25, 0.3) is 5.69 Å². The van der Waals surface area contributed by atoms with Crippen molar-refractivity contribution in [1.82, 2.24) is 14.8 Å². The van der Waals surface area contributed by atoms with Gasteiger partial charge in [-0.3, -0.25) is 9.98 Å². The summed E-state index contributed by atoms with van der Waals surface area (Å²) in [5, 5.41) is 4.47. The summed E-state index contributed by atoms with van der Waals surface area (Å²) in [6, 6.07) is 3.94. The third kappa shape index (κ3) is 1.26. The molecule has 3 heterocycles. The van der Waals surface area contributed by atoms with Crippen LogP contribution in [0, 0.1) is 6.92 Å². The summed E-state index contributed by atoms with van der Waals surface area (Å²) in [4.78, 5) is 8.40. The molecule has 0 aromatic carbocycles. The first-order chi connectivity index (χ1) is 7.34. The molecule has 0 saturated heterocycles. The van der Waals surface area contributed by atoms with E-state index in [2.05, 4.69) is 15.1 Å². The molecule has 2 aromatic rings. The smallest absolute Gasteiger partial charge is 0.0930 e. The van der Waals surface area contributed by atoms with Gasteiger partial charge in [-0.05, 0) is 19.1 Å². The van der Waals surface area contributed by atoms with Gasteiger partial charge in [-0.1, -0.05) is 0 Å². The summed E-state index contributed by atoms with van der Waals surface area (Å²) in [6.07, 6.45) is 5.65. The van der Waals surface area contributed by atoms with E-state index >= 15 is 0 Å². The van der Waals surface area contributed by atoms with Crippen molar-refractivity contribution < 1.29 is 0 Å². The molecule has 15 heavy (non-hydrogen) atoms. The van der Waals surface area contributed by atoms with Gasteiger partial charge in [-0.15, -0.1) is 0 Å². The van der Waals surface area contributed by atoms with E-state index < -0.39 is 0 Å². The lowest BCUT2D eigenvalue weighted by Crippen LogP contribution is -1.99. The number of hydrogen-bond donors (Lipinski definition) is 0. The van der Waals surface area contributed by atoms with Gasteiger partial charge >= 0.3 is 0 Å². The van der Waals surface area contributed by atoms with Crippen molar-refractivity contribution in [3.05, 3.63) is 41.5 Å². The van der Waals surface area contributed by atoms with Crippen LogP contribution in [0.2, 0.25) is 0 Å². The van der Waals surface area contributed by atoms with Gasteiger partial charge in [0.2, 0.25) is 0 Å². The zero-order chi connectivity index (χ0) is 10.3. The third-order valence-corrected chi connectivity index (χ3v) is 2.52. The highest BCUT2D eigenvalue weighted by Gasteiger charge is 2.12. The Morgan fingerprint density at radius 1 is 1.40 bits per heavy atom. The molecule has 0 saturated carbocycles. The molecule has 0 atom stereocenters. The van der Waals surface area contributed by atoms with Crippen LogP contribution in [-0.2, 0) is 6.54 Å². The Hall–Kier alpha value is -1.97. The average molecular weight is 198 g/mol. The number of aliphatic imine (C=N–C) groups is 1. The van der Waals surface area contributed by atoms with Crippen molar-refractivity contribution in [2.24, 2.45) is 4.99 Å². The van der Waals surface area contributed by atoms with E-state index in [-0.39, 0.29) is 0 Å². The molecule has 2 aromatic heterocycles. The number of nitrogens with zero attached hydrogens (tertiary/aromatic N) is 4. The molecule has 3 rings (SSSR count). The lowest BCUT2D eigenvalue weighted by atomic mass is 10.3. The number of pyridine rings is 1. The Bertz CT molecular complexity index is 539. The lowest BCUT2D eigenvalue weighted by molar-refractivity contribution is 0.824. The van der Waals surface area contributed by atoms with Gasteiger partial charge in [0.15, 0.2) is 0 Å². The van der Waals surface area contributed by atoms with E-state index in [4.69, 9.17) is 0 Å². The van der Waals surface area contributed by atoms with E-state index in [1.165, 1.54) is 0 Å². The third-order valence-electron chi connectivity index (χ3n) is 2.52. The fourth-order valence-corrected chi connectivity index (χ4v) is 1.73. The van der Waals surface area contributed by atoms with E-state index in [9.17, 15) is 0 Å². The molecule has 0 spiro atoms. The van der Waals surface area contributed by atoms with Gasteiger partial charge in [0.25, 0.3) is 0 Å². The van der Waals surface area contributed by atoms with E-state index in [1.807, 2.05) is 36.1 Å². The molecule has 4 heteroatoms. The lowest BCUT2D eigenvalue weighted by Gasteiger charge is -2.03. The average Bonchev–Trinajstić information content (AvgIpc) is 2.77. The Kier molecular flexibility index (Phi) is 1.68. The molecule has 0 fully saturated rings. The first-order valence-corrected chi connectivity index (χ1v) is 4.85. The number of rotatable bonds is 1. The summed E-state index contributed by atoms with van der Waals surface area (Å²) in [6.45, 7) is 2.68. The molecule has 0 aliphatic carbocycles. The van der Waals surface area contributed by atoms with Gasteiger partial charge in [0.05, 0.1) is 23.6 Å². The van der Waals surface area contributed by atoms with Crippen molar-refractivity contribution in [2.45, 2.75) is 13.5 Å². The zero-order valence-corrected chi connectivity index (χ0v) is 8.38. The Balaban J connectivity index is 2.13. The normalized spacial score (nSPS) is 13.1. The molecule has 0 N–H and O–H groups in total. The van der Waals surface area contributed by atoms with Crippen molar-refractivity contribution in [3.8, 4) is 5.69 Å². The quantitative estimate of drug-likeness (QED) is 0.697. The summed E-state index contributed by atoms with van der Waals surface area (Å²) in [5.74, 6) is 0. The van der Waals surface area contributed by atoms with E-state index in [1.54, 1.807) is 6.20 Å². The molecule has 0 unspecified atom stereocenters. The minimum Gasteiger partial charge on any atom is -0.286 e. The van der Waals surface area contributed by atoms with Crippen LogP contribution in [0.1, 0.15) is 17.0 Å². The topological polar surface area (TPSA) is 43.1 Å². The van der Waals surface area contributed by atoms with Crippen molar-refractivity contribution in [3.63, 3.8) is 0 Å². The monoisotopic (exact) mass is 198 g/mol. The molecule has 0 radical (unpaired) electrons. The molecule has 1 aliphatic heterocycles. The molecular formula is C11H10N4. The van der Waals surface area contributed by atoms with Crippen LogP contribution >= 0.6 is 0 Å². The highest BCUT2D eigenvalue weighted by atomic mass is 15.3. The zero-order valence-electron chi connectivity index (χ0n) is 8.38. The number of aryl methyl sites for hydroxylation is 1. The minimum absolute atomic E-state index is 0.696. The first kappa shape index (κ1) is 8.35. The fraction of sp³-hybridized carbons (Fsp3) is 0.182. The maximum absolute atomic E-state index is 4.47. The molecule has 0 amide bonds. The summed E-state index contributed by atoms with van der Waals surface area (Å²) < 4.78 is 1.87. The molecular weight excluding hydrogens is 188 g/mol. The second-order valence-electron chi connectivity index (χ2n) is 3.55. The predicted octanol–water partition coefficient (Wildman–Crippen LogP) is 1.51. The number of hydrogen-bond acceptors (Lipinski definition) is 3. The van der Waals surface area contributed by atoms with E-state index in [0.717, 1.165) is 22.6 Å². The second kappa shape index (κ2) is 3.02. The van der Waals surface area contributed by atoms with Crippen LogP contribution in [0.3, 0.4) is 0 Å². The Morgan fingerprint density at radius 2 is 2.33 bits per heavy atom. The van der Waals surface area contributed by atoms with Crippen LogP contribution in [0.4, 0.5) is 0 Å². The summed E-state index contributed by atoms with van der Waals surface area (Å²) in [7, 11) is 0. The Labute approximate surface area is 87.3 Å². The van der Waals surface area contributed by atoms with Crippen LogP contribution in [-0.4, -0.2) is 21.0 Å². The number of fused-ring (bicyclic) bond motifs is 1. The van der Waals surface area contributed by atoms with E-state index in [0.29, 0.717) is 6.54 Å². The van der Waals surface area contributed by atoms with Gasteiger partial charge in [-0.25, -0.2) is 4.68 Å². The fourth-order valence-electron chi connectivity index (χ4n) is 1.73. The first-order valence-electron chi connectivity index (χ1n) is 4.85. The molecule has 0 bridgehead atoms. The van der Waals surface area contributed by atoms with Gasteiger partial charge in [0, 0.05) is 24.2 Å². The highest BCUT2D eigenvalue weighted by molar-refractivity contribution is 5.83. The maximum Gasteiger partial charge on any atom is 0.0930 e. The van der Waals surface area contributed by atoms with Gasteiger partial charge < -0.3 is 0 Å². The minimum atomic E-state index is 0.696. The van der Waals surface area contributed by atoms with Gasteiger partial charge in [0.1, 0.15) is 0 Å². The van der Waals surface area contributed by atoms with Gasteiger partial charge in [-0.2, -0.15) is 5.10 Å². The van der Waals surface area contributed by atoms with Crippen molar-refractivity contribution in [1.29, 1.82) is 0 Å². The van der Waals surface area contributed by atoms with Crippen molar-refractivity contribution >= 4 is 6.21 Å². The highest BCUT2D eigenvalue weighted by Crippen LogP contribution is 2.16. The SMILES string of the molecule is Cc1ncccc1-n1cc2c(n1)CN=C2. The maximum atomic E-state index is 4.47. The predicted molar refractivity (Wildman–Crippen MR) is 57.4 cm³/mol. The largest absolute Gasteiger partial charge is 0.286 e. The summed E-state index contributed by atoms with van der Waals surface area (Å²) >= 11 is 0. The second-order valence-corrected chi connectivity index (χ2v) is 3.55. The van der Waals surface area contributed by atoms with Crippen LogP contribution in [0.15, 0.2) is 29.5 Å². The van der Waals surface area contributed by atoms with Crippen molar-refractivity contribution in [2.75, 3.05) is 0 Å². The number of aromatic nitrogens is 3. The molecule has 4 nitrogen and oxygen atoms in total. The molecule has 74 valence electrons.